The average Bonchev–Trinajstić information content (AvgIpc) is 3.02. The first-order valence-electron chi connectivity index (χ1n) is 7.56. The third-order valence-electron chi connectivity index (χ3n) is 4.29. The number of nitrogens with zero attached hydrogens (tertiary/aromatic N) is 1. The highest BCUT2D eigenvalue weighted by Gasteiger charge is 2.36. The molecule has 1 heterocycles. The van der Waals surface area contributed by atoms with Crippen molar-refractivity contribution >= 4 is 29.2 Å². The van der Waals surface area contributed by atoms with Crippen molar-refractivity contribution in [2.45, 2.75) is 24.9 Å². The molecule has 5 heteroatoms. The molecule has 2 atom stereocenters. The second-order valence-corrected chi connectivity index (χ2v) is 6.54. The van der Waals surface area contributed by atoms with Crippen LogP contribution in [0, 0.1) is 0 Å². The SMILES string of the molecule is O=C(O)C1CCCN1C(c1ccccc1)c1ccc(Cl)c(Cl)c1. The Labute approximate surface area is 145 Å². The zero-order chi connectivity index (χ0) is 16.4. The highest BCUT2D eigenvalue weighted by Crippen LogP contribution is 2.37. The molecule has 0 radical (unpaired) electrons. The molecule has 120 valence electrons. The summed E-state index contributed by atoms with van der Waals surface area (Å²) in [5, 5.41) is 10.5. The van der Waals surface area contributed by atoms with E-state index in [0.29, 0.717) is 16.5 Å². The normalized spacial score (nSPS) is 19.7. The third kappa shape index (κ3) is 3.37. The van der Waals surface area contributed by atoms with Gasteiger partial charge in [-0.15, -0.1) is 0 Å². The minimum absolute atomic E-state index is 0.144. The van der Waals surface area contributed by atoms with Gasteiger partial charge in [-0.3, -0.25) is 9.69 Å². The molecular weight excluding hydrogens is 333 g/mol. The third-order valence-corrected chi connectivity index (χ3v) is 5.02. The van der Waals surface area contributed by atoms with Gasteiger partial charge >= 0.3 is 5.97 Å². The maximum absolute atomic E-state index is 11.6. The first-order chi connectivity index (χ1) is 11.1. The molecule has 0 bridgehead atoms. The van der Waals surface area contributed by atoms with E-state index in [2.05, 4.69) is 0 Å². The topological polar surface area (TPSA) is 40.5 Å². The van der Waals surface area contributed by atoms with Crippen LogP contribution in [0.5, 0.6) is 0 Å². The molecule has 0 aliphatic carbocycles. The quantitative estimate of drug-likeness (QED) is 0.874. The van der Waals surface area contributed by atoms with E-state index in [0.717, 1.165) is 24.1 Å². The van der Waals surface area contributed by atoms with Crippen LogP contribution in [-0.4, -0.2) is 28.6 Å². The molecular formula is C18H17Cl2NO2. The summed E-state index contributed by atoms with van der Waals surface area (Å²) >= 11 is 12.2. The van der Waals surface area contributed by atoms with Crippen molar-refractivity contribution in [1.82, 2.24) is 4.90 Å². The van der Waals surface area contributed by atoms with Crippen molar-refractivity contribution in [2.24, 2.45) is 0 Å². The fourth-order valence-electron chi connectivity index (χ4n) is 3.26. The number of halogens is 2. The maximum Gasteiger partial charge on any atom is 0.320 e. The van der Waals surface area contributed by atoms with Crippen LogP contribution in [-0.2, 0) is 4.79 Å². The summed E-state index contributed by atoms with van der Waals surface area (Å²) in [7, 11) is 0. The van der Waals surface area contributed by atoms with Crippen molar-refractivity contribution in [2.75, 3.05) is 6.54 Å². The Hall–Kier alpha value is -1.55. The molecule has 1 N–H and O–H groups in total. The zero-order valence-corrected chi connectivity index (χ0v) is 14.0. The smallest absolute Gasteiger partial charge is 0.320 e. The second-order valence-electron chi connectivity index (χ2n) is 5.72. The average molecular weight is 350 g/mol. The Morgan fingerprint density at radius 3 is 2.48 bits per heavy atom. The Morgan fingerprint density at radius 2 is 1.83 bits per heavy atom. The van der Waals surface area contributed by atoms with Crippen LogP contribution < -0.4 is 0 Å². The number of benzene rings is 2. The Morgan fingerprint density at radius 1 is 1.09 bits per heavy atom. The lowest BCUT2D eigenvalue weighted by Crippen LogP contribution is -2.39. The van der Waals surface area contributed by atoms with Crippen LogP contribution in [0.2, 0.25) is 10.0 Å². The van der Waals surface area contributed by atoms with Gasteiger partial charge in [0.05, 0.1) is 16.1 Å². The van der Waals surface area contributed by atoms with Gasteiger partial charge in [0.2, 0.25) is 0 Å². The molecule has 23 heavy (non-hydrogen) atoms. The predicted molar refractivity (Wildman–Crippen MR) is 92.1 cm³/mol. The summed E-state index contributed by atoms with van der Waals surface area (Å²) in [5.74, 6) is -0.775. The summed E-state index contributed by atoms with van der Waals surface area (Å²) in [6.07, 6.45) is 1.54. The van der Waals surface area contributed by atoms with E-state index in [1.165, 1.54) is 0 Å². The number of hydrogen-bond donors (Lipinski definition) is 1. The molecule has 3 rings (SSSR count). The minimum Gasteiger partial charge on any atom is -0.480 e. The Bertz CT molecular complexity index is 705. The Balaban J connectivity index is 2.07. The summed E-state index contributed by atoms with van der Waals surface area (Å²) < 4.78 is 0. The van der Waals surface area contributed by atoms with Gasteiger partial charge in [-0.2, -0.15) is 0 Å². The number of rotatable bonds is 4. The molecule has 3 nitrogen and oxygen atoms in total. The lowest BCUT2D eigenvalue weighted by molar-refractivity contribution is -0.142. The van der Waals surface area contributed by atoms with E-state index in [1.807, 2.05) is 47.4 Å². The van der Waals surface area contributed by atoms with Crippen molar-refractivity contribution in [3.05, 3.63) is 69.7 Å². The maximum atomic E-state index is 11.6. The van der Waals surface area contributed by atoms with Crippen molar-refractivity contribution < 1.29 is 9.90 Å². The molecule has 1 saturated heterocycles. The van der Waals surface area contributed by atoms with Crippen LogP contribution in [0.4, 0.5) is 0 Å². The van der Waals surface area contributed by atoms with Gasteiger partial charge in [-0.05, 0) is 36.1 Å². The lowest BCUT2D eigenvalue weighted by Gasteiger charge is -2.32. The number of carboxylic acids is 1. The lowest BCUT2D eigenvalue weighted by atomic mass is 9.96. The van der Waals surface area contributed by atoms with Gasteiger partial charge in [-0.1, -0.05) is 59.6 Å². The van der Waals surface area contributed by atoms with Crippen LogP contribution >= 0.6 is 23.2 Å². The van der Waals surface area contributed by atoms with Crippen LogP contribution in [0.3, 0.4) is 0 Å². The van der Waals surface area contributed by atoms with E-state index in [9.17, 15) is 9.90 Å². The van der Waals surface area contributed by atoms with E-state index in [4.69, 9.17) is 23.2 Å². The molecule has 2 aromatic carbocycles. The summed E-state index contributed by atoms with van der Waals surface area (Å²) in [6.45, 7) is 0.747. The molecule has 2 unspecified atom stereocenters. The molecule has 2 aromatic rings. The molecule has 0 spiro atoms. The molecule has 0 amide bonds. The van der Waals surface area contributed by atoms with Crippen molar-refractivity contribution in [3.8, 4) is 0 Å². The van der Waals surface area contributed by atoms with Gasteiger partial charge in [-0.25, -0.2) is 0 Å². The predicted octanol–water partition coefficient (Wildman–Crippen LogP) is 4.63. The first-order valence-corrected chi connectivity index (χ1v) is 8.32. The second kappa shape index (κ2) is 6.91. The van der Waals surface area contributed by atoms with Crippen molar-refractivity contribution in [1.29, 1.82) is 0 Å². The fraction of sp³-hybridized carbons (Fsp3) is 0.278. The largest absolute Gasteiger partial charge is 0.480 e. The van der Waals surface area contributed by atoms with Gasteiger partial charge < -0.3 is 5.11 Å². The molecule has 0 aromatic heterocycles. The van der Waals surface area contributed by atoms with Crippen LogP contribution in [0.1, 0.15) is 30.0 Å². The summed E-state index contributed by atoms with van der Waals surface area (Å²) in [6, 6.07) is 14.8. The standard InChI is InChI=1S/C18H17Cl2NO2/c19-14-9-8-13(11-15(14)20)17(12-5-2-1-3-6-12)21-10-4-7-16(21)18(22)23/h1-3,5-6,8-9,11,16-17H,4,7,10H2,(H,22,23). The Kier molecular flexibility index (Phi) is 4.90. The van der Waals surface area contributed by atoms with Crippen LogP contribution in [0.15, 0.2) is 48.5 Å². The zero-order valence-electron chi connectivity index (χ0n) is 12.5. The van der Waals surface area contributed by atoms with Crippen LogP contribution in [0.25, 0.3) is 0 Å². The van der Waals surface area contributed by atoms with Gasteiger partial charge in [0.15, 0.2) is 0 Å². The molecule has 1 aliphatic heterocycles. The van der Waals surface area contributed by atoms with E-state index in [-0.39, 0.29) is 6.04 Å². The highest BCUT2D eigenvalue weighted by molar-refractivity contribution is 6.42. The highest BCUT2D eigenvalue weighted by atomic mass is 35.5. The van der Waals surface area contributed by atoms with Crippen molar-refractivity contribution in [3.63, 3.8) is 0 Å². The molecule has 0 saturated carbocycles. The minimum atomic E-state index is -0.775. The van der Waals surface area contributed by atoms with Gasteiger partial charge in [0, 0.05) is 6.54 Å². The number of carbonyl (C=O) groups is 1. The first kappa shape index (κ1) is 16.3. The van der Waals surface area contributed by atoms with E-state index < -0.39 is 12.0 Å². The molecule has 1 aliphatic rings. The van der Waals surface area contributed by atoms with E-state index in [1.54, 1.807) is 6.07 Å². The number of carboxylic acid groups (broad SMARTS) is 1. The summed E-state index contributed by atoms with van der Waals surface area (Å²) in [5.41, 5.74) is 2.01. The summed E-state index contributed by atoms with van der Waals surface area (Å²) in [4.78, 5) is 13.7. The van der Waals surface area contributed by atoms with E-state index >= 15 is 0 Å². The van der Waals surface area contributed by atoms with Gasteiger partial charge in [0.25, 0.3) is 0 Å². The fourth-order valence-corrected chi connectivity index (χ4v) is 3.56. The molecule has 1 fully saturated rings. The number of aliphatic carboxylic acids is 1. The van der Waals surface area contributed by atoms with Gasteiger partial charge in [0.1, 0.15) is 6.04 Å². The number of likely N-dealkylation sites (tertiary alicyclic amines) is 1. The monoisotopic (exact) mass is 349 g/mol. The number of hydrogen-bond acceptors (Lipinski definition) is 2.